The fourth-order valence-corrected chi connectivity index (χ4v) is 5.38. The van der Waals surface area contributed by atoms with Crippen LogP contribution in [0, 0.1) is 0 Å². The van der Waals surface area contributed by atoms with Crippen LogP contribution in [-0.4, -0.2) is 27.7 Å². The molecule has 1 unspecified atom stereocenters. The molecule has 1 aliphatic rings. The maximum atomic E-state index is 10.8. The Morgan fingerprint density at radius 2 is 1.49 bits per heavy atom. The first-order valence-corrected chi connectivity index (χ1v) is 12.9. The maximum Gasteiger partial charge on any atom is 0.199 e. The molecule has 0 bridgehead atoms. The molecule has 37 heavy (non-hydrogen) atoms. The first-order valence-electron chi connectivity index (χ1n) is 12.9. The van der Waals surface area contributed by atoms with Gasteiger partial charge in [-0.15, -0.1) is 0 Å². The fraction of sp³-hybridized carbons (Fsp3) is 0.219. The van der Waals surface area contributed by atoms with Gasteiger partial charge in [-0.25, -0.2) is 0 Å². The molecule has 3 heterocycles. The number of nitrogens with zero attached hydrogens (tertiary/aromatic N) is 3. The summed E-state index contributed by atoms with van der Waals surface area (Å²) < 4.78 is 8.48. The SMILES string of the molecule is Oc1c2ccccc2cn1C1CCN(c2ccc(C(OCc3ccncc3)c3ccccc3)cc2)CC1. The van der Waals surface area contributed by atoms with Crippen LogP contribution in [0.4, 0.5) is 5.69 Å². The first kappa shape index (κ1) is 23.3. The summed E-state index contributed by atoms with van der Waals surface area (Å²) in [5.74, 6) is 0.386. The Kier molecular flexibility index (Phi) is 6.61. The first-order chi connectivity index (χ1) is 18.3. The molecule has 5 aromatic rings. The second-order valence-corrected chi connectivity index (χ2v) is 9.71. The number of ether oxygens (including phenoxy) is 1. The second kappa shape index (κ2) is 10.5. The third-order valence-corrected chi connectivity index (χ3v) is 7.41. The van der Waals surface area contributed by atoms with E-state index in [1.54, 1.807) is 12.4 Å². The monoisotopic (exact) mass is 489 g/mol. The molecule has 1 atom stereocenters. The predicted octanol–water partition coefficient (Wildman–Crippen LogP) is 6.89. The second-order valence-electron chi connectivity index (χ2n) is 9.71. The molecule has 0 spiro atoms. The summed E-state index contributed by atoms with van der Waals surface area (Å²) >= 11 is 0. The van der Waals surface area contributed by atoms with Crippen LogP contribution >= 0.6 is 0 Å². The van der Waals surface area contributed by atoms with Crippen LogP contribution in [0.2, 0.25) is 0 Å². The highest BCUT2D eigenvalue weighted by Crippen LogP contribution is 2.35. The van der Waals surface area contributed by atoms with Crippen molar-refractivity contribution in [3.05, 3.63) is 126 Å². The average Bonchev–Trinajstić information content (AvgIpc) is 3.31. The molecule has 1 saturated heterocycles. The molecule has 2 aromatic heterocycles. The number of piperidine rings is 1. The minimum atomic E-state index is -0.139. The predicted molar refractivity (Wildman–Crippen MR) is 148 cm³/mol. The molecular weight excluding hydrogens is 458 g/mol. The number of rotatable bonds is 7. The van der Waals surface area contributed by atoms with Gasteiger partial charge in [-0.1, -0.05) is 60.7 Å². The van der Waals surface area contributed by atoms with Gasteiger partial charge in [0, 0.05) is 54.2 Å². The molecule has 186 valence electrons. The van der Waals surface area contributed by atoms with Gasteiger partial charge < -0.3 is 19.3 Å². The molecular formula is C32H31N3O2. The lowest BCUT2D eigenvalue weighted by atomic mass is 10.00. The Morgan fingerprint density at radius 1 is 0.811 bits per heavy atom. The van der Waals surface area contributed by atoms with Gasteiger partial charge in [0.05, 0.1) is 6.61 Å². The molecule has 1 fully saturated rings. The number of hydrogen-bond acceptors (Lipinski definition) is 4. The highest BCUT2D eigenvalue weighted by atomic mass is 16.5. The minimum absolute atomic E-state index is 0.139. The third-order valence-electron chi connectivity index (χ3n) is 7.41. The normalized spacial score (nSPS) is 15.2. The van der Waals surface area contributed by atoms with E-state index < -0.39 is 0 Å². The molecule has 0 amide bonds. The van der Waals surface area contributed by atoms with Crippen molar-refractivity contribution in [2.24, 2.45) is 0 Å². The maximum absolute atomic E-state index is 10.8. The van der Waals surface area contributed by atoms with Crippen LogP contribution in [0.3, 0.4) is 0 Å². The van der Waals surface area contributed by atoms with Crippen molar-refractivity contribution in [2.45, 2.75) is 31.6 Å². The molecule has 0 saturated carbocycles. The molecule has 6 rings (SSSR count). The number of fused-ring (bicyclic) bond motifs is 1. The van der Waals surface area contributed by atoms with E-state index in [1.807, 2.05) is 36.4 Å². The van der Waals surface area contributed by atoms with Crippen molar-refractivity contribution in [2.75, 3.05) is 18.0 Å². The highest BCUT2D eigenvalue weighted by Gasteiger charge is 2.24. The van der Waals surface area contributed by atoms with E-state index in [0.29, 0.717) is 18.5 Å². The fourth-order valence-electron chi connectivity index (χ4n) is 5.38. The van der Waals surface area contributed by atoms with E-state index in [-0.39, 0.29) is 6.10 Å². The standard InChI is InChI=1S/C32H31N3O2/c36-32-30-9-5-4-8-27(30)22-35(32)29-16-20-34(21-17-29)28-12-10-26(11-13-28)31(25-6-2-1-3-7-25)37-23-24-14-18-33-19-15-24/h1-15,18-19,22,29,31,36H,16-17,20-21,23H2. The van der Waals surface area contributed by atoms with E-state index in [9.17, 15) is 5.11 Å². The van der Waals surface area contributed by atoms with E-state index in [2.05, 4.69) is 75.2 Å². The number of anilines is 1. The van der Waals surface area contributed by atoms with Gasteiger partial charge in [-0.3, -0.25) is 4.98 Å². The number of benzene rings is 3. The van der Waals surface area contributed by atoms with Crippen molar-refractivity contribution in [3.63, 3.8) is 0 Å². The lowest BCUT2D eigenvalue weighted by Gasteiger charge is -2.34. The molecule has 0 aliphatic carbocycles. The van der Waals surface area contributed by atoms with Gasteiger partial charge >= 0.3 is 0 Å². The van der Waals surface area contributed by atoms with E-state index in [0.717, 1.165) is 53.4 Å². The zero-order chi connectivity index (χ0) is 25.0. The van der Waals surface area contributed by atoms with E-state index in [4.69, 9.17) is 4.74 Å². The summed E-state index contributed by atoms with van der Waals surface area (Å²) in [5.41, 5.74) is 4.62. The topological polar surface area (TPSA) is 50.5 Å². The van der Waals surface area contributed by atoms with Crippen LogP contribution < -0.4 is 4.90 Å². The number of aromatic hydroxyl groups is 1. The summed E-state index contributed by atoms with van der Waals surface area (Å²) in [5, 5.41) is 12.8. The lowest BCUT2D eigenvalue weighted by Crippen LogP contribution is -2.34. The Bertz CT molecular complexity index is 1440. The van der Waals surface area contributed by atoms with Crippen molar-refractivity contribution in [3.8, 4) is 5.88 Å². The molecule has 5 heteroatoms. The van der Waals surface area contributed by atoms with Crippen molar-refractivity contribution in [1.29, 1.82) is 0 Å². The van der Waals surface area contributed by atoms with E-state index >= 15 is 0 Å². The van der Waals surface area contributed by atoms with Crippen LogP contribution in [0.5, 0.6) is 5.88 Å². The largest absolute Gasteiger partial charge is 0.494 e. The van der Waals surface area contributed by atoms with Crippen molar-refractivity contribution >= 4 is 16.5 Å². The van der Waals surface area contributed by atoms with Crippen LogP contribution in [-0.2, 0) is 11.3 Å². The summed E-state index contributed by atoms with van der Waals surface area (Å²) in [6.07, 6.45) is 7.55. The van der Waals surface area contributed by atoms with Gasteiger partial charge in [0.1, 0.15) is 6.10 Å². The zero-order valence-corrected chi connectivity index (χ0v) is 20.8. The van der Waals surface area contributed by atoms with E-state index in [1.165, 1.54) is 5.69 Å². The number of pyridine rings is 1. The third kappa shape index (κ3) is 4.95. The highest BCUT2D eigenvalue weighted by molar-refractivity contribution is 5.87. The molecule has 1 N–H and O–H groups in total. The van der Waals surface area contributed by atoms with Crippen LogP contribution in [0.15, 0.2) is 110 Å². The van der Waals surface area contributed by atoms with Gasteiger partial charge in [-0.2, -0.15) is 0 Å². The Morgan fingerprint density at radius 3 is 2.22 bits per heavy atom. The molecule has 5 nitrogen and oxygen atoms in total. The Labute approximate surface area is 217 Å². The molecule has 3 aromatic carbocycles. The molecule has 1 aliphatic heterocycles. The van der Waals surface area contributed by atoms with Gasteiger partial charge in [0.2, 0.25) is 0 Å². The minimum Gasteiger partial charge on any atom is -0.494 e. The average molecular weight is 490 g/mol. The summed E-state index contributed by atoms with van der Waals surface area (Å²) in [4.78, 5) is 6.55. The number of hydrogen-bond donors (Lipinski definition) is 1. The van der Waals surface area contributed by atoms with Crippen LogP contribution in [0.25, 0.3) is 10.8 Å². The van der Waals surface area contributed by atoms with Crippen LogP contribution in [0.1, 0.15) is 41.7 Å². The summed E-state index contributed by atoms with van der Waals surface area (Å²) in [6.45, 7) is 2.44. The number of aromatic nitrogens is 2. The summed E-state index contributed by atoms with van der Waals surface area (Å²) in [7, 11) is 0. The van der Waals surface area contributed by atoms with Crippen molar-refractivity contribution in [1.82, 2.24) is 9.55 Å². The van der Waals surface area contributed by atoms with Gasteiger partial charge in [0.15, 0.2) is 5.88 Å². The Balaban J connectivity index is 1.15. The molecule has 0 radical (unpaired) electrons. The smallest absolute Gasteiger partial charge is 0.199 e. The van der Waals surface area contributed by atoms with Gasteiger partial charge in [0.25, 0.3) is 0 Å². The summed E-state index contributed by atoms with van der Waals surface area (Å²) in [6, 6.07) is 31.5. The Hall–Kier alpha value is -4.09. The van der Waals surface area contributed by atoms with Gasteiger partial charge in [-0.05, 0) is 59.9 Å². The zero-order valence-electron chi connectivity index (χ0n) is 20.8. The quantitative estimate of drug-likeness (QED) is 0.270. The lowest BCUT2D eigenvalue weighted by molar-refractivity contribution is 0.0667. The van der Waals surface area contributed by atoms with Crippen molar-refractivity contribution < 1.29 is 9.84 Å².